The molecule has 0 aliphatic carbocycles. The zero-order chi connectivity index (χ0) is 27.2. The van der Waals surface area contributed by atoms with E-state index in [1.54, 1.807) is 36.4 Å². The molecule has 1 fully saturated rings. The van der Waals surface area contributed by atoms with Crippen molar-refractivity contribution in [1.29, 1.82) is 0 Å². The normalized spacial score (nSPS) is 14.4. The molecule has 196 valence electrons. The molecule has 0 radical (unpaired) electrons. The van der Waals surface area contributed by atoms with Crippen LogP contribution in [-0.4, -0.2) is 34.1 Å². The Kier molecular flexibility index (Phi) is 8.48. The highest BCUT2D eigenvalue weighted by atomic mass is 32.2. The lowest BCUT2D eigenvalue weighted by Gasteiger charge is -2.17. The number of ether oxygens (including phenoxy) is 2. The number of carbonyl (C=O) groups is 2. The standard InChI is InChI=1S/C29H28N2O6S/c1-19(2)25-12-7-20(3)15-26(25)36-14-13-30-28(32)27(38-29(30)33)17-22-5-4-6-24(16-22)37-18-21-8-10-23(11-9-21)31(34)35/h4-12,15-17,19H,13-14,18H2,1-3H3/b27-17-. The van der Waals surface area contributed by atoms with Crippen LogP contribution in [0.25, 0.3) is 6.08 Å². The van der Waals surface area contributed by atoms with Gasteiger partial charge in [-0.2, -0.15) is 0 Å². The van der Waals surface area contributed by atoms with Crippen LogP contribution in [-0.2, 0) is 11.4 Å². The molecule has 0 unspecified atom stereocenters. The predicted molar refractivity (Wildman–Crippen MR) is 147 cm³/mol. The molecular formula is C29H28N2O6S. The molecule has 2 amide bonds. The van der Waals surface area contributed by atoms with Crippen molar-refractivity contribution in [2.45, 2.75) is 33.3 Å². The molecule has 0 aromatic heterocycles. The van der Waals surface area contributed by atoms with E-state index in [2.05, 4.69) is 13.8 Å². The summed E-state index contributed by atoms with van der Waals surface area (Å²) in [5.41, 5.74) is 3.69. The highest BCUT2D eigenvalue weighted by Crippen LogP contribution is 2.33. The first kappa shape index (κ1) is 26.9. The van der Waals surface area contributed by atoms with E-state index in [9.17, 15) is 19.7 Å². The Morgan fingerprint density at radius 1 is 1.03 bits per heavy atom. The summed E-state index contributed by atoms with van der Waals surface area (Å²) in [5, 5.41) is 10.5. The maximum atomic E-state index is 12.9. The average Bonchev–Trinajstić information content (AvgIpc) is 3.15. The van der Waals surface area contributed by atoms with E-state index in [1.807, 2.05) is 31.2 Å². The van der Waals surface area contributed by atoms with Crippen LogP contribution in [0.5, 0.6) is 11.5 Å². The van der Waals surface area contributed by atoms with Crippen molar-refractivity contribution in [3.05, 3.63) is 104 Å². The number of nitrogens with zero attached hydrogens (tertiary/aromatic N) is 2. The molecule has 3 aromatic rings. The van der Waals surface area contributed by atoms with Crippen LogP contribution in [0.1, 0.15) is 42.0 Å². The summed E-state index contributed by atoms with van der Waals surface area (Å²) in [6.45, 7) is 6.78. The minimum absolute atomic E-state index is 0.0201. The smallest absolute Gasteiger partial charge is 0.293 e. The first-order valence-electron chi connectivity index (χ1n) is 12.2. The van der Waals surface area contributed by atoms with E-state index in [0.717, 1.165) is 34.2 Å². The number of amides is 2. The van der Waals surface area contributed by atoms with Gasteiger partial charge in [-0.1, -0.05) is 38.1 Å². The number of nitro benzene ring substituents is 1. The number of thioether (sulfide) groups is 1. The van der Waals surface area contributed by atoms with Gasteiger partial charge < -0.3 is 9.47 Å². The predicted octanol–water partition coefficient (Wildman–Crippen LogP) is 6.72. The fourth-order valence-electron chi connectivity index (χ4n) is 3.91. The number of hydrogen-bond donors (Lipinski definition) is 0. The molecule has 1 aliphatic heterocycles. The lowest BCUT2D eigenvalue weighted by Crippen LogP contribution is -2.32. The van der Waals surface area contributed by atoms with Crippen LogP contribution in [0.2, 0.25) is 0 Å². The molecule has 0 atom stereocenters. The van der Waals surface area contributed by atoms with Gasteiger partial charge in [-0.15, -0.1) is 0 Å². The van der Waals surface area contributed by atoms with Gasteiger partial charge in [-0.25, -0.2) is 0 Å². The number of rotatable bonds is 10. The summed E-state index contributed by atoms with van der Waals surface area (Å²) in [7, 11) is 0. The van der Waals surface area contributed by atoms with Gasteiger partial charge >= 0.3 is 0 Å². The van der Waals surface area contributed by atoms with Crippen LogP contribution >= 0.6 is 11.8 Å². The van der Waals surface area contributed by atoms with Gasteiger partial charge in [-0.05, 0) is 83.3 Å². The first-order valence-corrected chi connectivity index (χ1v) is 13.0. The van der Waals surface area contributed by atoms with Crippen LogP contribution in [0.15, 0.2) is 71.6 Å². The van der Waals surface area contributed by atoms with Crippen molar-refractivity contribution in [2.24, 2.45) is 0 Å². The van der Waals surface area contributed by atoms with Gasteiger partial charge in [0.1, 0.15) is 24.7 Å². The molecule has 8 nitrogen and oxygen atoms in total. The van der Waals surface area contributed by atoms with Gasteiger partial charge in [0.2, 0.25) is 0 Å². The maximum Gasteiger partial charge on any atom is 0.293 e. The minimum Gasteiger partial charge on any atom is -0.491 e. The number of aryl methyl sites for hydroxylation is 1. The largest absolute Gasteiger partial charge is 0.491 e. The van der Waals surface area contributed by atoms with Crippen molar-refractivity contribution in [2.75, 3.05) is 13.2 Å². The molecule has 0 saturated carbocycles. The lowest BCUT2D eigenvalue weighted by atomic mass is 10.0. The Morgan fingerprint density at radius 2 is 1.79 bits per heavy atom. The second-order valence-electron chi connectivity index (χ2n) is 9.16. The van der Waals surface area contributed by atoms with Crippen molar-refractivity contribution in [1.82, 2.24) is 4.90 Å². The van der Waals surface area contributed by atoms with Crippen LogP contribution in [0.4, 0.5) is 10.5 Å². The number of non-ortho nitro benzene ring substituents is 1. The van der Waals surface area contributed by atoms with Gasteiger partial charge in [0.05, 0.1) is 16.4 Å². The second-order valence-corrected chi connectivity index (χ2v) is 10.2. The number of nitro groups is 1. The van der Waals surface area contributed by atoms with Gasteiger partial charge in [-0.3, -0.25) is 24.6 Å². The molecule has 9 heteroatoms. The molecule has 1 heterocycles. The fraction of sp³-hybridized carbons (Fsp3) is 0.241. The van der Waals surface area contributed by atoms with Crippen molar-refractivity contribution in [3.63, 3.8) is 0 Å². The summed E-state index contributed by atoms with van der Waals surface area (Å²) in [6, 6.07) is 19.4. The SMILES string of the molecule is Cc1ccc(C(C)C)c(OCCN2C(=O)S/C(=C\c3cccc(OCc4ccc([N+](=O)[O-])cc4)c3)C2=O)c1. The first-order chi connectivity index (χ1) is 18.2. The third-order valence-corrected chi connectivity index (χ3v) is 6.85. The number of benzene rings is 3. The van der Waals surface area contributed by atoms with Gasteiger partial charge in [0.15, 0.2) is 0 Å². The van der Waals surface area contributed by atoms with Crippen LogP contribution < -0.4 is 9.47 Å². The van der Waals surface area contributed by atoms with Crippen LogP contribution in [0.3, 0.4) is 0 Å². The third-order valence-electron chi connectivity index (χ3n) is 5.95. The topological polar surface area (TPSA) is 99.0 Å². The van der Waals surface area contributed by atoms with Gasteiger partial charge in [0, 0.05) is 12.1 Å². The van der Waals surface area contributed by atoms with Crippen molar-refractivity contribution < 1.29 is 24.0 Å². The summed E-state index contributed by atoms with van der Waals surface area (Å²) in [5.74, 6) is 1.28. The van der Waals surface area contributed by atoms with Crippen molar-refractivity contribution >= 4 is 34.7 Å². The van der Waals surface area contributed by atoms with Gasteiger partial charge in [0.25, 0.3) is 16.8 Å². The second kappa shape index (κ2) is 12.0. The van der Waals surface area contributed by atoms with Crippen molar-refractivity contribution in [3.8, 4) is 11.5 Å². The maximum absolute atomic E-state index is 12.9. The number of imide groups is 1. The van der Waals surface area contributed by atoms with E-state index >= 15 is 0 Å². The molecule has 0 bridgehead atoms. The number of carbonyl (C=O) groups excluding carboxylic acids is 2. The van der Waals surface area contributed by atoms with Crippen LogP contribution in [0, 0.1) is 17.0 Å². The van der Waals surface area contributed by atoms with E-state index in [4.69, 9.17) is 9.47 Å². The Balaban J connectivity index is 1.37. The molecule has 1 saturated heterocycles. The third kappa shape index (κ3) is 6.60. The quantitative estimate of drug-likeness (QED) is 0.162. The number of hydrogen-bond acceptors (Lipinski definition) is 7. The lowest BCUT2D eigenvalue weighted by molar-refractivity contribution is -0.384. The molecule has 1 aliphatic rings. The molecular weight excluding hydrogens is 504 g/mol. The zero-order valence-corrected chi connectivity index (χ0v) is 22.2. The summed E-state index contributed by atoms with van der Waals surface area (Å²) in [6.07, 6.45) is 1.67. The summed E-state index contributed by atoms with van der Waals surface area (Å²) < 4.78 is 11.8. The molecule has 3 aromatic carbocycles. The minimum atomic E-state index is -0.449. The molecule has 0 N–H and O–H groups in total. The van der Waals surface area contributed by atoms with E-state index < -0.39 is 4.92 Å². The van der Waals surface area contributed by atoms with E-state index in [-0.39, 0.29) is 36.6 Å². The zero-order valence-electron chi connectivity index (χ0n) is 21.4. The highest BCUT2D eigenvalue weighted by molar-refractivity contribution is 8.18. The summed E-state index contributed by atoms with van der Waals surface area (Å²) in [4.78, 5) is 37.4. The highest BCUT2D eigenvalue weighted by Gasteiger charge is 2.34. The monoisotopic (exact) mass is 532 g/mol. The Hall–Kier alpha value is -4.11. The fourth-order valence-corrected chi connectivity index (χ4v) is 4.77. The molecule has 0 spiro atoms. The van der Waals surface area contributed by atoms with E-state index in [1.165, 1.54) is 17.0 Å². The Labute approximate surface area is 225 Å². The average molecular weight is 533 g/mol. The molecule has 38 heavy (non-hydrogen) atoms. The Morgan fingerprint density at radius 3 is 2.50 bits per heavy atom. The Bertz CT molecular complexity index is 1380. The summed E-state index contributed by atoms with van der Waals surface area (Å²) >= 11 is 0.900. The van der Waals surface area contributed by atoms with E-state index in [0.29, 0.717) is 22.1 Å². The molecule has 4 rings (SSSR count).